The van der Waals surface area contributed by atoms with Crippen LogP contribution in [0.2, 0.25) is 0 Å². The fraction of sp³-hybridized carbons (Fsp3) is 0.464. The Bertz CT molecular complexity index is 1210. The molecule has 2 N–H and O–H groups in total. The van der Waals surface area contributed by atoms with Crippen molar-refractivity contribution in [1.29, 1.82) is 0 Å². The normalized spacial score (nSPS) is 28.2. The molecule has 1 aromatic heterocycles. The second-order valence-corrected chi connectivity index (χ2v) is 10.2. The number of aliphatic hydroxyl groups is 1. The summed E-state index contributed by atoms with van der Waals surface area (Å²) < 4.78 is 5.25. The van der Waals surface area contributed by atoms with Gasteiger partial charge in [-0.25, -0.2) is 0 Å². The maximum absolute atomic E-state index is 12.6. The molecule has 0 amide bonds. The summed E-state index contributed by atoms with van der Waals surface area (Å²) in [5, 5.41) is 24.1. The molecule has 1 fully saturated rings. The van der Waals surface area contributed by atoms with Gasteiger partial charge in [0, 0.05) is 49.1 Å². The van der Waals surface area contributed by atoms with E-state index >= 15 is 0 Å². The van der Waals surface area contributed by atoms with Crippen LogP contribution in [0.15, 0.2) is 48.5 Å². The van der Waals surface area contributed by atoms with Crippen LogP contribution in [0.5, 0.6) is 5.75 Å². The van der Waals surface area contributed by atoms with E-state index < -0.39 is 11.0 Å². The maximum Gasteiger partial charge on any atom is 0.115 e. The summed E-state index contributed by atoms with van der Waals surface area (Å²) in [5.74, 6) is 0.281. The first-order valence-electron chi connectivity index (χ1n) is 12.2. The Hall–Kier alpha value is -2.47. The number of phenolic OH excluding ortho intramolecular Hbond substituents is 1. The van der Waals surface area contributed by atoms with Crippen molar-refractivity contribution in [2.75, 3.05) is 26.8 Å². The Balaban J connectivity index is 1.47. The fourth-order valence-electron chi connectivity index (χ4n) is 6.92. The van der Waals surface area contributed by atoms with Gasteiger partial charge in [-0.05, 0) is 79.7 Å². The van der Waals surface area contributed by atoms with Crippen LogP contribution in [0.3, 0.4) is 0 Å². The second kappa shape index (κ2) is 7.79. The summed E-state index contributed by atoms with van der Waals surface area (Å²) in [5.41, 5.74) is 4.36. The molecule has 2 aliphatic carbocycles. The van der Waals surface area contributed by atoms with Gasteiger partial charge in [-0.2, -0.15) is 0 Å². The second-order valence-electron chi connectivity index (χ2n) is 10.2. The first-order valence-corrected chi connectivity index (χ1v) is 12.2. The zero-order chi connectivity index (χ0) is 22.6. The first-order chi connectivity index (χ1) is 16.0. The SMILES string of the molecule is COCCCCN1CC[C@]23Cc4nc5ccccc5cc4C[C@@]2(O)[C@H]1Cc1ccc(O)cc13. The summed E-state index contributed by atoms with van der Waals surface area (Å²) in [7, 11) is 1.75. The molecule has 5 nitrogen and oxygen atoms in total. The molecule has 1 saturated heterocycles. The van der Waals surface area contributed by atoms with Crippen LogP contribution in [-0.4, -0.2) is 58.5 Å². The summed E-state index contributed by atoms with van der Waals surface area (Å²) in [6.45, 7) is 2.71. The molecular weight excluding hydrogens is 412 g/mol. The number of likely N-dealkylation sites (tertiary alicyclic amines) is 1. The number of benzene rings is 2. The smallest absolute Gasteiger partial charge is 0.115 e. The van der Waals surface area contributed by atoms with E-state index in [9.17, 15) is 10.2 Å². The Morgan fingerprint density at radius 2 is 1.97 bits per heavy atom. The minimum atomic E-state index is -0.884. The molecule has 172 valence electrons. The monoisotopic (exact) mass is 444 g/mol. The van der Waals surface area contributed by atoms with Crippen LogP contribution in [-0.2, 0) is 29.4 Å². The number of hydrogen-bond acceptors (Lipinski definition) is 5. The Labute approximate surface area is 195 Å². The molecule has 3 aliphatic rings. The molecule has 33 heavy (non-hydrogen) atoms. The highest BCUT2D eigenvalue weighted by Gasteiger charge is 2.64. The number of phenols is 1. The number of hydrogen-bond donors (Lipinski definition) is 2. The van der Waals surface area contributed by atoms with Crippen molar-refractivity contribution in [3.05, 3.63) is 70.9 Å². The van der Waals surface area contributed by atoms with Gasteiger partial charge in [0.2, 0.25) is 0 Å². The van der Waals surface area contributed by atoms with Crippen molar-refractivity contribution in [1.82, 2.24) is 9.88 Å². The lowest BCUT2D eigenvalue weighted by Crippen LogP contribution is -2.74. The molecular formula is C28H32N2O3. The number of piperidine rings is 1. The van der Waals surface area contributed by atoms with E-state index in [0.717, 1.165) is 67.5 Å². The van der Waals surface area contributed by atoms with Crippen LogP contribution in [0.1, 0.15) is 41.6 Å². The molecule has 3 aromatic rings. The van der Waals surface area contributed by atoms with Gasteiger partial charge in [0.25, 0.3) is 0 Å². The number of fused-ring (bicyclic) bond motifs is 3. The third-order valence-corrected chi connectivity index (χ3v) is 8.53. The summed E-state index contributed by atoms with van der Waals surface area (Å²) >= 11 is 0. The van der Waals surface area contributed by atoms with Crippen LogP contribution in [0.4, 0.5) is 0 Å². The fourth-order valence-corrected chi connectivity index (χ4v) is 6.92. The van der Waals surface area contributed by atoms with Crippen LogP contribution in [0, 0.1) is 0 Å². The average molecular weight is 445 g/mol. The van der Waals surface area contributed by atoms with Crippen molar-refractivity contribution in [3.63, 3.8) is 0 Å². The molecule has 5 heteroatoms. The highest BCUT2D eigenvalue weighted by molar-refractivity contribution is 5.79. The van der Waals surface area contributed by atoms with Crippen molar-refractivity contribution < 1.29 is 14.9 Å². The summed E-state index contributed by atoms with van der Waals surface area (Å²) in [6.07, 6.45) is 5.11. The lowest BCUT2D eigenvalue weighted by atomic mass is 9.49. The van der Waals surface area contributed by atoms with E-state index in [2.05, 4.69) is 29.2 Å². The molecule has 2 heterocycles. The van der Waals surface area contributed by atoms with Crippen molar-refractivity contribution >= 4 is 10.9 Å². The highest BCUT2D eigenvalue weighted by atomic mass is 16.5. The van der Waals surface area contributed by atoms with Crippen LogP contribution in [0.25, 0.3) is 10.9 Å². The molecule has 2 bridgehead atoms. The van der Waals surface area contributed by atoms with Crippen molar-refractivity contribution in [3.8, 4) is 5.75 Å². The molecule has 0 unspecified atom stereocenters. The van der Waals surface area contributed by atoms with Gasteiger partial charge in [-0.3, -0.25) is 9.88 Å². The predicted molar refractivity (Wildman–Crippen MR) is 129 cm³/mol. The third kappa shape index (κ3) is 3.13. The van der Waals surface area contributed by atoms with Gasteiger partial charge in [0.15, 0.2) is 0 Å². The van der Waals surface area contributed by atoms with E-state index in [0.29, 0.717) is 12.8 Å². The highest BCUT2D eigenvalue weighted by Crippen LogP contribution is 2.57. The van der Waals surface area contributed by atoms with Gasteiger partial charge in [-0.1, -0.05) is 24.3 Å². The molecule has 1 aliphatic heterocycles. The first kappa shape index (κ1) is 21.1. The Morgan fingerprint density at radius 3 is 2.85 bits per heavy atom. The van der Waals surface area contributed by atoms with E-state index in [1.165, 1.54) is 11.1 Å². The third-order valence-electron chi connectivity index (χ3n) is 8.53. The number of nitrogens with zero attached hydrogens (tertiary/aromatic N) is 2. The quantitative estimate of drug-likeness (QED) is 0.587. The van der Waals surface area contributed by atoms with Gasteiger partial charge in [0.1, 0.15) is 5.75 Å². The van der Waals surface area contributed by atoms with Gasteiger partial charge in [-0.15, -0.1) is 0 Å². The number of para-hydroxylation sites is 1. The minimum absolute atomic E-state index is 0.0606. The predicted octanol–water partition coefficient (Wildman–Crippen LogP) is 3.77. The van der Waals surface area contributed by atoms with E-state index in [1.54, 1.807) is 13.2 Å². The molecule has 3 atom stereocenters. The van der Waals surface area contributed by atoms with E-state index in [1.807, 2.05) is 18.2 Å². The number of unbranched alkanes of at least 4 members (excludes halogenated alkanes) is 1. The molecule has 2 aromatic carbocycles. The van der Waals surface area contributed by atoms with Crippen molar-refractivity contribution in [2.24, 2.45) is 0 Å². The summed E-state index contributed by atoms with van der Waals surface area (Å²) in [6, 6.07) is 16.3. The Morgan fingerprint density at radius 1 is 1.09 bits per heavy atom. The van der Waals surface area contributed by atoms with Gasteiger partial charge >= 0.3 is 0 Å². The van der Waals surface area contributed by atoms with E-state index in [-0.39, 0.29) is 11.8 Å². The zero-order valence-electron chi connectivity index (χ0n) is 19.3. The molecule has 0 saturated carbocycles. The van der Waals surface area contributed by atoms with Crippen LogP contribution >= 0.6 is 0 Å². The van der Waals surface area contributed by atoms with Crippen molar-refractivity contribution in [2.45, 2.75) is 55.6 Å². The molecule has 0 spiro atoms. The Kier molecular flexibility index (Phi) is 4.98. The number of methoxy groups -OCH3 is 1. The summed E-state index contributed by atoms with van der Waals surface area (Å²) in [4.78, 5) is 7.58. The zero-order valence-corrected chi connectivity index (χ0v) is 19.3. The maximum atomic E-state index is 12.6. The minimum Gasteiger partial charge on any atom is -0.508 e. The number of ether oxygens (including phenoxy) is 1. The molecule has 0 radical (unpaired) electrons. The van der Waals surface area contributed by atoms with Gasteiger partial charge in [0.05, 0.1) is 11.1 Å². The van der Waals surface area contributed by atoms with E-state index in [4.69, 9.17) is 9.72 Å². The largest absolute Gasteiger partial charge is 0.508 e. The number of pyridine rings is 1. The standard InChI is InChI=1S/C28H32N2O3/c1-33-13-5-4-11-30-12-10-27-18-25-21(14-20-6-2-3-7-24(20)29-25)17-28(27,32)26(30)15-19-8-9-22(31)16-23(19)27/h2-3,6-9,14,16,26,31-32H,4-5,10-13,15,17-18H2,1H3/t26-,27-,28-/m1/s1. The van der Waals surface area contributed by atoms with Crippen LogP contribution < -0.4 is 0 Å². The number of rotatable bonds is 5. The lowest BCUT2D eigenvalue weighted by Gasteiger charge is -2.63. The molecule has 6 rings (SSSR count). The number of aromatic hydroxyl groups is 1. The average Bonchev–Trinajstić information content (AvgIpc) is 2.80. The number of aromatic nitrogens is 1. The lowest BCUT2D eigenvalue weighted by molar-refractivity contribution is -0.151. The van der Waals surface area contributed by atoms with Gasteiger partial charge < -0.3 is 14.9 Å². The topological polar surface area (TPSA) is 65.8 Å².